The number of hydrogen-bond acceptors (Lipinski definition) is 3. The largest absolute Gasteiger partial charge is 0.405 e. The highest BCUT2D eigenvalue weighted by atomic mass is 19.4. The summed E-state index contributed by atoms with van der Waals surface area (Å²) in [7, 11) is 0. The van der Waals surface area contributed by atoms with Crippen LogP contribution >= 0.6 is 0 Å². The smallest absolute Gasteiger partial charge is 0.397 e. The monoisotopic (exact) mass is 261 g/mol. The quantitative estimate of drug-likeness (QED) is 0.726. The van der Waals surface area contributed by atoms with Crippen molar-refractivity contribution in [1.82, 2.24) is 5.32 Å². The van der Waals surface area contributed by atoms with Gasteiger partial charge >= 0.3 is 6.18 Å². The number of nitrogens with one attached hydrogen (secondary N) is 2. The maximum Gasteiger partial charge on any atom is 0.405 e. The maximum atomic E-state index is 12.0. The average molecular weight is 261 g/mol. The van der Waals surface area contributed by atoms with Crippen molar-refractivity contribution in [3.05, 3.63) is 23.8 Å². The van der Waals surface area contributed by atoms with Gasteiger partial charge in [0.05, 0.1) is 11.4 Å². The molecular weight excluding hydrogens is 247 g/mol. The molecule has 18 heavy (non-hydrogen) atoms. The second-order valence-corrected chi connectivity index (χ2v) is 3.63. The van der Waals surface area contributed by atoms with Crippen LogP contribution in [0, 0.1) is 0 Å². The average Bonchev–Trinajstić information content (AvgIpc) is 2.26. The molecule has 0 bridgehead atoms. The van der Waals surface area contributed by atoms with E-state index in [2.05, 4.69) is 10.6 Å². The Hall–Kier alpha value is -1.92. The predicted octanol–water partition coefficient (Wildman–Crippen LogP) is 1.99. The van der Waals surface area contributed by atoms with Crippen molar-refractivity contribution in [2.24, 2.45) is 0 Å². The Morgan fingerprint density at radius 1 is 1.39 bits per heavy atom. The summed E-state index contributed by atoms with van der Waals surface area (Å²) in [5, 5.41) is 4.74. The molecule has 0 spiro atoms. The van der Waals surface area contributed by atoms with Gasteiger partial charge in [-0.25, -0.2) is 0 Å². The zero-order valence-electron chi connectivity index (χ0n) is 9.77. The van der Waals surface area contributed by atoms with Crippen LogP contribution in [0.1, 0.15) is 17.3 Å². The Morgan fingerprint density at radius 3 is 2.56 bits per heavy atom. The topological polar surface area (TPSA) is 67.2 Å². The molecule has 0 heterocycles. The van der Waals surface area contributed by atoms with Crippen molar-refractivity contribution >= 4 is 17.3 Å². The molecule has 4 nitrogen and oxygen atoms in total. The predicted molar refractivity (Wildman–Crippen MR) is 63.4 cm³/mol. The van der Waals surface area contributed by atoms with E-state index in [0.29, 0.717) is 12.1 Å². The van der Waals surface area contributed by atoms with Crippen LogP contribution in [-0.2, 0) is 0 Å². The molecule has 0 aliphatic rings. The molecular formula is C11H14F3N3O. The number of nitrogens with two attached hydrogens (primary N) is 1. The summed E-state index contributed by atoms with van der Waals surface area (Å²) in [5.74, 6) is -0.313. The van der Waals surface area contributed by atoms with Crippen molar-refractivity contribution < 1.29 is 18.0 Å². The van der Waals surface area contributed by atoms with Gasteiger partial charge in [0.25, 0.3) is 5.91 Å². The first-order valence-electron chi connectivity index (χ1n) is 5.32. The second kappa shape index (κ2) is 5.61. The van der Waals surface area contributed by atoms with Crippen LogP contribution < -0.4 is 16.4 Å². The molecule has 1 rings (SSSR count). The van der Waals surface area contributed by atoms with Gasteiger partial charge in [0.1, 0.15) is 6.54 Å². The van der Waals surface area contributed by atoms with Crippen molar-refractivity contribution in [3.63, 3.8) is 0 Å². The minimum atomic E-state index is -4.31. The Balaban J connectivity index is 2.77. The molecule has 0 aliphatic heterocycles. The van der Waals surface area contributed by atoms with Crippen molar-refractivity contribution in [3.8, 4) is 0 Å². The minimum Gasteiger partial charge on any atom is -0.397 e. The van der Waals surface area contributed by atoms with Crippen molar-refractivity contribution in [1.29, 1.82) is 0 Å². The maximum absolute atomic E-state index is 12.0. The summed E-state index contributed by atoms with van der Waals surface area (Å²) in [6.45, 7) is 1.06. The van der Waals surface area contributed by atoms with Crippen LogP contribution in [0.4, 0.5) is 24.5 Å². The highest BCUT2D eigenvalue weighted by Gasteiger charge is 2.26. The lowest BCUT2D eigenvalue weighted by atomic mass is 10.1. The third-order valence-electron chi connectivity index (χ3n) is 2.13. The molecule has 0 saturated heterocycles. The third kappa shape index (κ3) is 4.15. The number of carbonyl (C=O) groups is 1. The second-order valence-electron chi connectivity index (χ2n) is 3.63. The molecule has 0 unspecified atom stereocenters. The number of hydrogen-bond donors (Lipinski definition) is 3. The van der Waals surface area contributed by atoms with Crippen molar-refractivity contribution in [2.45, 2.75) is 13.1 Å². The van der Waals surface area contributed by atoms with E-state index in [1.807, 2.05) is 0 Å². The number of amides is 1. The van der Waals surface area contributed by atoms with Crippen LogP contribution in [0.15, 0.2) is 18.2 Å². The van der Waals surface area contributed by atoms with Gasteiger partial charge in [-0.05, 0) is 25.1 Å². The molecule has 7 heteroatoms. The van der Waals surface area contributed by atoms with Crippen LogP contribution in [0.2, 0.25) is 0 Å². The molecule has 1 aromatic rings. The SMILES string of the molecule is CCNC(=O)c1ccc(NCC(F)(F)F)c(N)c1. The lowest BCUT2D eigenvalue weighted by Crippen LogP contribution is -2.23. The molecule has 0 fully saturated rings. The number of alkyl halides is 3. The molecule has 0 aliphatic carbocycles. The number of rotatable bonds is 4. The van der Waals surface area contributed by atoms with Crippen LogP contribution in [0.5, 0.6) is 0 Å². The molecule has 100 valence electrons. The Morgan fingerprint density at radius 2 is 2.06 bits per heavy atom. The minimum absolute atomic E-state index is 0.100. The summed E-state index contributed by atoms with van der Waals surface area (Å²) in [6.07, 6.45) is -4.31. The summed E-state index contributed by atoms with van der Waals surface area (Å²) in [4.78, 5) is 11.5. The Bertz CT molecular complexity index is 432. The highest BCUT2D eigenvalue weighted by Crippen LogP contribution is 2.22. The first-order chi connectivity index (χ1) is 8.33. The fourth-order valence-electron chi connectivity index (χ4n) is 1.32. The molecule has 0 aromatic heterocycles. The van der Waals surface area contributed by atoms with Gasteiger partial charge in [-0.1, -0.05) is 0 Å². The lowest BCUT2D eigenvalue weighted by molar-refractivity contribution is -0.115. The van der Waals surface area contributed by atoms with E-state index in [1.54, 1.807) is 6.92 Å². The summed E-state index contributed by atoms with van der Waals surface area (Å²) >= 11 is 0. The Labute approximate surface area is 102 Å². The first-order valence-corrected chi connectivity index (χ1v) is 5.32. The molecule has 1 amide bonds. The van der Waals surface area contributed by atoms with E-state index < -0.39 is 12.7 Å². The van der Waals surface area contributed by atoms with E-state index in [1.165, 1.54) is 18.2 Å². The van der Waals surface area contributed by atoms with E-state index in [9.17, 15) is 18.0 Å². The lowest BCUT2D eigenvalue weighted by Gasteiger charge is -2.12. The standard InChI is InChI=1S/C11H14F3N3O/c1-2-16-10(18)7-3-4-9(8(15)5-7)17-6-11(12,13)14/h3-5,17H,2,6,15H2,1H3,(H,16,18). The van der Waals surface area contributed by atoms with Crippen LogP contribution in [-0.4, -0.2) is 25.2 Å². The highest BCUT2D eigenvalue weighted by molar-refractivity contribution is 5.96. The van der Waals surface area contributed by atoms with Gasteiger partial charge in [0.15, 0.2) is 0 Å². The number of halogens is 3. The normalized spacial score (nSPS) is 11.1. The molecule has 4 N–H and O–H groups in total. The summed E-state index contributed by atoms with van der Waals surface area (Å²) in [6, 6.07) is 4.11. The summed E-state index contributed by atoms with van der Waals surface area (Å²) in [5.41, 5.74) is 6.14. The molecule has 0 radical (unpaired) electrons. The zero-order chi connectivity index (χ0) is 13.8. The Kier molecular flexibility index (Phi) is 4.41. The van der Waals surface area contributed by atoms with Crippen LogP contribution in [0.25, 0.3) is 0 Å². The summed E-state index contributed by atoms with van der Waals surface area (Å²) < 4.78 is 36.0. The fourth-order valence-corrected chi connectivity index (χ4v) is 1.32. The van der Waals surface area contributed by atoms with E-state index >= 15 is 0 Å². The van der Waals surface area contributed by atoms with E-state index in [4.69, 9.17) is 5.73 Å². The number of carbonyl (C=O) groups excluding carboxylic acids is 1. The molecule has 1 aromatic carbocycles. The number of benzene rings is 1. The van der Waals surface area contributed by atoms with E-state index in [-0.39, 0.29) is 17.3 Å². The van der Waals surface area contributed by atoms with Crippen molar-refractivity contribution in [2.75, 3.05) is 24.1 Å². The van der Waals surface area contributed by atoms with Gasteiger partial charge in [-0.15, -0.1) is 0 Å². The third-order valence-corrected chi connectivity index (χ3v) is 2.13. The zero-order valence-corrected chi connectivity index (χ0v) is 9.77. The number of nitrogen functional groups attached to an aromatic ring is 1. The van der Waals surface area contributed by atoms with Gasteiger partial charge in [0.2, 0.25) is 0 Å². The van der Waals surface area contributed by atoms with Gasteiger partial charge in [-0.3, -0.25) is 4.79 Å². The van der Waals surface area contributed by atoms with Gasteiger partial charge < -0.3 is 16.4 Å². The van der Waals surface area contributed by atoms with Gasteiger partial charge in [-0.2, -0.15) is 13.2 Å². The molecule has 0 atom stereocenters. The number of anilines is 2. The van der Waals surface area contributed by atoms with Crippen LogP contribution in [0.3, 0.4) is 0 Å². The van der Waals surface area contributed by atoms with E-state index in [0.717, 1.165) is 0 Å². The van der Waals surface area contributed by atoms with Gasteiger partial charge in [0, 0.05) is 12.1 Å². The molecule has 0 saturated carbocycles. The fraction of sp³-hybridized carbons (Fsp3) is 0.364. The first kappa shape index (κ1) is 14.1.